The fraction of sp³-hybridized carbons (Fsp3) is 0.538. The van der Waals surface area contributed by atoms with Gasteiger partial charge in [-0.15, -0.1) is 0 Å². The fourth-order valence-corrected chi connectivity index (χ4v) is 1.63. The second-order valence-corrected chi connectivity index (χ2v) is 3.78. The Kier molecular flexibility index (Phi) is 4.68. The maximum atomic E-state index is 2.45. The molecule has 1 aromatic carbocycles. The van der Waals surface area contributed by atoms with Crippen molar-refractivity contribution in [2.75, 3.05) is 6.54 Å². The summed E-state index contributed by atoms with van der Waals surface area (Å²) >= 11 is 0. The van der Waals surface area contributed by atoms with E-state index in [1.165, 1.54) is 17.5 Å². The molecule has 0 amide bonds. The second-order valence-electron chi connectivity index (χ2n) is 3.78. The third kappa shape index (κ3) is 2.85. The molecule has 1 heteroatoms. The standard InChI is InChI=1S/C10H13N.C3H8/c1-2-11-7-9-5-3-4-6-10(9)8-11;1-3-2/h3-6H,2,7-8H2,1H3;3H2,1-2H3. The van der Waals surface area contributed by atoms with Gasteiger partial charge in [-0.25, -0.2) is 0 Å². The van der Waals surface area contributed by atoms with Crippen LogP contribution in [0.5, 0.6) is 0 Å². The lowest BCUT2D eigenvalue weighted by molar-refractivity contribution is 0.301. The Hall–Kier alpha value is -0.820. The molecule has 2 rings (SSSR count). The molecule has 0 N–H and O–H groups in total. The zero-order valence-corrected chi connectivity index (χ0v) is 9.59. The topological polar surface area (TPSA) is 3.24 Å². The Morgan fingerprint density at radius 1 is 1.00 bits per heavy atom. The molecule has 0 saturated carbocycles. The van der Waals surface area contributed by atoms with Crippen LogP contribution in [-0.2, 0) is 13.1 Å². The Bertz CT molecular complexity index is 243. The number of hydrogen-bond donors (Lipinski definition) is 0. The van der Waals surface area contributed by atoms with E-state index in [2.05, 4.69) is 49.9 Å². The van der Waals surface area contributed by atoms with E-state index in [0.717, 1.165) is 19.6 Å². The van der Waals surface area contributed by atoms with Crippen molar-refractivity contribution in [3.05, 3.63) is 35.4 Å². The highest BCUT2D eigenvalue weighted by molar-refractivity contribution is 5.29. The first-order chi connectivity index (χ1) is 6.81. The van der Waals surface area contributed by atoms with Crippen LogP contribution in [-0.4, -0.2) is 11.4 Å². The first kappa shape index (κ1) is 11.3. The Labute approximate surface area is 87.7 Å². The predicted octanol–water partition coefficient (Wildman–Crippen LogP) is 3.44. The third-order valence-electron chi connectivity index (χ3n) is 2.35. The quantitative estimate of drug-likeness (QED) is 0.657. The van der Waals surface area contributed by atoms with Gasteiger partial charge in [0.05, 0.1) is 0 Å². The van der Waals surface area contributed by atoms with E-state index in [-0.39, 0.29) is 0 Å². The maximum Gasteiger partial charge on any atom is 0.0240 e. The summed E-state index contributed by atoms with van der Waals surface area (Å²) in [6.07, 6.45) is 1.25. The van der Waals surface area contributed by atoms with Crippen molar-refractivity contribution in [1.82, 2.24) is 4.90 Å². The summed E-state index contributed by atoms with van der Waals surface area (Å²) in [7, 11) is 0. The van der Waals surface area contributed by atoms with Gasteiger partial charge in [-0.3, -0.25) is 4.90 Å². The van der Waals surface area contributed by atoms with Crippen LogP contribution in [0.1, 0.15) is 38.3 Å². The normalized spacial score (nSPS) is 14.5. The van der Waals surface area contributed by atoms with Crippen LogP contribution in [0.25, 0.3) is 0 Å². The predicted molar refractivity (Wildman–Crippen MR) is 62.2 cm³/mol. The molecule has 1 heterocycles. The first-order valence-electron chi connectivity index (χ1n) is 5.60. The monoisotopic (exact) mass is 191 g/mol. The van der Waals surface area contributed by atoms with Gasteiger partial charge in [-0.05, 0) is 17.7 Å². The van der Waals surface area contributed by atoms with Gasteiger partial charge in [0.1, 0.15) is 0 Å². The number of nitrogens with zero attached hydrogens (tertiary/aromatic N) is 1. The number of benzene rings is 1. The van der Waals surface area contributed by atoms with E-state index >= 15 is 0 Å². The van der Waals surface area contributed by atoms with Crippen molar-refractivity contribution in [3.8, 4) is 0 Å². The molecular formula is C13H21N. The molecular weight excluding hydrogens is 170 g/mol. The summed E-state index contributed by atoms with van der Waals surface area (Å²) in [6, 6.07) is 8.70. The molecule has 1 aliphatic heterocycles. The van der Waals surface area contributed by atoms with Gasteiger partial charge < -0.3 is 0 Å². The van der Waals surface area contributed by atoms with Gasteiger partial charge in [0.2, 0.25) is 0 Å². The molecule has 0 atom stereocenters. The molecule has 0 radical (unpaired) electrons. The summed E-state index contributed by atoms with van der Waals surface area (Å²) in [5, 5.41) is 0. The molecule has 78 valence electrons. The zero-order valence-electron chi connectivity index (χ0n) is 9.59. The lowest BCUT2D eigenvalue weighted by Gasteiger charge is -2.09. The molecule has 0 fully saturated rings. The summed E-state index contributed by atoms with van der Waals surface area (Å²) in [5.74, 6) is 0. The average molecular weight is 191 g/mol. The highest BCUT2D eigenvalue weighted by Gasteiger charge is 2.15. The molecule has 1 aromatic rings. The Morgan fingerprint density at radius 3 is 1.79 bits per heavy atom. The third-order valence-corrected chi connectivity index (χ3v) is 2.35. The van der Waals surface area contributed by atoms with E-state index in [4.69, 9.17) is 0 Å². The smallest absolute Gasteiger partial charge is 0.0240 e. The zero-order chi connectivity index (χ0) is 10.4. The highest BCUT2D eigenvalue weighted by atomic mass is 15.1. The molecule has 1 nitrogen and oxygen atoms in total. The van der Waals surface area contributed by atoms with Gasteiger partial charge in [0.15, 0.2) is 0 Å². The van der Waals surface area contributed by atoms with Crippen molar-refractivity contribution in [1.29, 1.82) is 0 Å². The van der Waals surface area contributed by atoms with Crippen LogP contribution in [0.3, 0.4) is 0 Å². The van der Waals surface area contributed by atoms with Gasteiger partial charge in [-0.1, -0.05) is 51.5 Å². The fourth-order valence-electron chi connectivity index (χ4n) is 1.63. The van der Waals surface area contributed by atoms with Gasteiger partial charge in [-0.2, -0.15) is 0 Å². The van der Waals surface area contributed by atoms with E-state index in [9.17, 15) is 0 Å². The van der Waals surface area contributed by atoms with Crippen LogP contribution in [0.15, 0.2) is 24.3 Å². The number of hydrogen-bond acceptors (Lipinski definition) is 1. The van der Waals surface area contributed by atoms with Crippen LogP contribution < -0.4 is 0 Å². The molecule has 14 heavy (non-hydrogen) atoms. The van der Waals surface area contributed by atoms with Crippen LogP contribution in [0.2, 0.25) is 0 Å². The molecule has 0 bridgehead atoms. The summed E-state index contributed by atoms with van der Waals surface area (Å²) in [5.41, 5.74) is 3.02. The van der Waals surface area contributed by atoms with Crippen LogP contribution >= 0.6 is 0 Å². The summed E-state index contributed by atoms with van der Waals surface area (Å²) in [4.78, 5) is 2.45. The van der Waals surface area contributed by atoms with E-state index in [1.54, 1.807) is 0 Å². The lowest BCUT2D eigenvalue weighted by Crippen LogP contribution is -2.14. The largest absolute Gasteiger partial charge is 0.295 e. The second kappa shape index (κ2) is 5.82. The number of fused-ring (bicyclic) bond motifs is 1. The minimum Gasteiger partial charge on any atom is -0.295 e. The van der Waals surface area contributed by atoms with Crippen LogP contribution in [0.4, 0.5) is 0 Å². The Balaban J connectivity index is 0.000000293. The van der Waals surface area contributed by atoms with E-state index in [1.807, 2.05) is 0 Å². The molecule has 0 aliphatic carbocycles. The SMILES string of the molecule is CCC.CCN1Cc2ccccc2C1. The summed E-state index contributed by atoms with van der Waals surface area (Å²) in [6.45, 7) is 9.92. The van der Waals surface area contributed by atoms with E-state index < -0.39 is 0 Å². The van der Waals surface area contributed by atoms with Gasteiger partial charge >= 0.3 is 0 Å². The van der Waals surface area contributed by atoms with Crippen molar-refractivity contribution in [2.45, 2.75) is 40.3 Å². The van der Waals surface area contributed by atoms with Crippen molar-refractivity contribution in [3.63, 3.8) is 0 Å². The van der Waals surface area contributed by atoms with Crippen molar-refractivity contribution < 1.29 is 0 Å². The minimum absolute atomic E-state index is 1.15. The lowest BCUT2D eigenvalue weighted by atomic mass is 10.1. The molecule has 0 saturated heterocycles. The average Bonchev–Trinajstić information content (AvgIpc) is 2.61. The van der Waals surface area contributed by atoms with Crippen molar-refractivity contribution >= 4 is 0 Å². The van der Waals surface area contributed by atoms with Crippen LogP contribution in [0, 0.1) is 0 Å². The Morgan fingerprint density at radius 2 is 1.43 bits per heavy atom. The maximum absolute atomic E-state index is 2.45. The minimum atomic E-state index is 1.15. The van der Waals surface area contributed by atoms with E-state index in [0.29, 0.717) is 0 Å². The first-order valence-corrected chi connectivity index (χ1v) is 5.60. The highest BCUT2D eigenvalue weighted by Crippen LogP contribution is 2.21. The summed E-state index contributed by atoms with van der Waals surface area (Å²) < 4.78 is 0. The van der Waals surface area contributed by atoms with Gasteiger partial charge in [0.25, 0.3) is 0 Å². The molecule has 0 spiro atoms. The van der Waals surface area contributed by atoms with Crippen molar-refractivity contribution in [2.24, 2.45) is 0 Å². The number of rotatable bonds is 1. The van der Waals surface area contributed by atoms with Gasteiger partial charge in [0, 0.05) is 13.1 Å². The molecule has 1 aliphatic rings. The molecule has 0 aromatic heterocycles. The molecule has 0 unspecified atom stereocenters.